The van der Waals surface area contributed by atoms with Gasteiger partial charge in [0.25, 0.3) is 0 Å². The molecule has 5 heteroatoms. The molecule has 1 aliphatic carbocycles. The number of anilines is 1. The van der Waals surface area contributed by atoms with Gasteiger partial charge in [-0.05, 0) is 60.6 Å². The van der Waals surface area contributed by atoms with Gasteiger partial charge in [-0.1, -0.05) is 67.6 Å². The number of nitrogens with zero attached hydrogens (tertiary/aromatic N) is 1. The fraction of sp³-hybridized carbons (Fsp3) is 0.276. The van der Waals surface area contributed by atoms with E-state index in [4.69, 9.17) is 4.74 Å². The number of carbonyl (C=O) groups excluding carboxylic acids is 3. The van der Waals surface area contributed by atoms with E-state index in [1.807, 2.05) is 60.7 Å². The zero-order valence-corrected chi connectivity index (χ0v) is 19.1. The maximum Gasteiger partial charge on any atom is 0.323 e. The Labute approximate surface area is 199 Å². The predicted octanol–water partition coefficient (Wildman–Crippen LogP) is 5.35. The molecule has 3 unspecified atom stereocenters. The normalized spacial score (nSPS) is 22.1. The molecule has 0 aromatic heterocycles. The molecule has 1 heterocycles. The predicted molar refractivity (Wildman–Crippen MR) is 129 cm³/mol. The first-order chi connectivity index (χ1) is 16.5. The van der Waals surface area contributed by atoms with Gasteiger partial charge >= 0.3 is 5.97 Å². The van der Waals surface area contributed by atoms with Crippen LogP contribution in [0.4, 0.5) is 5.69 Å². The zero-order valence-electron chi connectivity index (χ0n) is 19.1. The van der Waals surface area contributed by atoms with Crippen LogP contribution in [0.25, 0.3) is 0 Å². The molecule has 0 radical (unpaired) electrons. The molecule has 5 rings (SSSR count). The van der Waals surface area contributed by atoms with Gasteiger partial charge in [-0.15, -0.1) is 0 Å². The molecule has 3 atom stereocenters. The van der Waals surface area contributed by atoms with Crippen molar-refractivity contribution in [1.82, 2.24) is 0 Å². The van der Waals surface area contributed by atoms with Crippen LogP contribution in [-0.4, -0.2) is 17.8 Å². The van der Waals surface area contributed by atoms with E-state index in [2.05, 4.69) is 6.92 Å². The number of ether oxygens (including phenoxy) is 1. The molecule has 3 aromatic rings. The fourth-order valence-electron chi connectivity index (χ4n) is 5.24. The Hall–Kier alpha value is -3.73. The van der Waals surface area contributed by atoms with Gasteiger partial charge in [0, 0.05) is 0 Å². The molecular weight excluding hydrogens is 426 g/mol. The molecule has 1 saturated carbocycles. The molecule has 1 saturated heterocycles. The molecule has 172 valence electrons. The maximum atomic E-state index is 13.2. The molecule has 34 heavy (non-hydrogen) atoms. The Kier molecular flexibility index (Phi) is 6.01. The van der Waals surface area contributed by atoms with Crippen LogP contribution >= 0.6 is 0 Å². The van der Waals surface area contributed by atoms with Crippen LogP contribution < -0.4 is 9.64 Å². The molecular formula is C29H27NO4. The van der Waals surface area contributed by atoms with Crippen LogP contribution in [-0.2, 0) is 14.4 Å². The lowest BCUT2D eigenvalue weighted by molar-refractivity contribution is -0.135. The number of hydrogen-bond donors (Lipinski definition) is 0. The van der Waals surface area contributed by atoms with Gasteiger partial charge in [0.1, 0.15) is 11.7 Å². The Bertz CT molecular complexity index is 1150. The lowest BCUT2D eigenvalue weighted by Crippen LogP contribution is -2.30. The maximum absolute atomic E-state index is 13.2. The summed E-state index contributed by atoms with van der Waals surface area (Å²) in [7, 11) is 0. The molecule has 0 bridgehead atoms. The molecule has 2 amide bonds. The van der Waals surface area contributed by atoms with E-state index in [0.717, 1.165) is 30.4 Å². The first-order valence-corrected chi connectivity index (χ1v) is 11.8. The Morgan fingerprint density at radius 3 is 1.94 bits per heavy atom. The van der Waals surface area contributed by atoms with Crippen molar-refractivity contribution in [1.29, 1.82) is 0 Å². The third-order valence-corrected chi connectivity index (χ3v) is 7.00. The van der Waals surface area contributed by atoms with E-state index in [1.165, 1.54) is 4.90 Å². The van der Waals surface area contributed by atoms with Crippen LogP contribution in [0.2, 0.25) is 0 Å². The minimum Gasteiger partial charge on any atom is -0.426 e. The topological polar surface area (TPSA) is 63.7 Å². The fourth-order valence-corrected chi connectivity index (χ4v) is 5.24. The van der Waals surface area contributed by atoms with E-state index in [1.54, 1.807) is 24.3 Å². The molecule has 2 aliphatic rings. The van der Waals surface area contributed by atoms with Crippen molar-refractivity contribution in [3.63, 3.8) is 0 Å². The van der Waals surface area contributed by atoms with Crippen LogP contribution in [0.3, 0.4) is 0 Å². The van der Waals surface area contributed by atoms with Crippen molar-refractivity contribution < 1.29 is 19.1 Å². The highest BCUT2D eigenvalue weighted by atomic mass is 16.5. The van der Waals surface area contributed by atoms with Gasteiger partial charge in [0.15, 0.2) is 0 Å². The summed E-state index contributed by atoms with van der Waals surface area (Å²) in [4.78, 5) is 40.5. The average molecular weight is 454 g/mol. The van der Waals surface area contributed by atoms with Crippen LogP contribution in [0, 0.1) is 17.8 Å². The average Bonchev–Trinajstić information content (AvgIpc) is 3.10. The number of fused-ring (bicyclic) bond motifs is 1. The van der Waals surface area contributed by atoms with Crippen LogP contribution in [0.1, 0.15) is 43.2 Å². The van der Waals surface area contributed by atoms with Gasteiger partial charge in [0.2, 0.25) is 11.8 Å². The van der Waals surface area contributed by atoms with E-state index in [-0.39, 0.29) is 23.7 Å². The quantitative estimate of drug-likeness (QED) is 0.297. The lowest BCUT2D eigenvalue weighted by atomic mass is 9.76. The van der Waals surface area contributed by atoms with Crippen LogP contribution in [0.15, 0.2) is 84.9 Å². The third kappa shape index (κ3) is 4.14. The van der Waals surface area contributed by atoms with Crippen molar-refractivity contribution in [3.8, 4) is 5.75 Å². The molecule has 3 aromatic carbocycles. The van der Waals surface area contributed by atoms with Gasteiger partial charge in [0.05, 0.1) is 17.5 Å². The van der Waals surface area contributed by atoms with E-state index < -0.39 is 11.9 Å². The molecule has 0 N–H and O–H groups in total. The highest BCUT2D eigenvalue weighted by Gasteiger charge is 2.49. The van der Waals surface area contributed by atoms with Crippen molar-refractivity contribution in [2.75, 3.05) is 4.90 Å². The van der Waals surface area contributed by atoms with Gasteiger partial charge < -0.3 is 4.74 Å². The summed E-state index contributed by atoms with van der Waals surface area (Å²) in [6.07, 6.45) is 2.51. The zero-order chi connectivity index (χ0) is 23.7. The number of rotatable bonds is 5. The van der Waals surface area contributed by atoms with E-state index in [9.17, 15) is 14.4 Å². The number of benzene rings is 3. The second-order valence-electron chi connectivity index (χ2n) is 9.31. The standard InChI is InChI=1S/C29H27NO4/c1-19-12-17-24-25(18-19)28(32)30(27(24)31)22-13-15-23(16-14-22)34-29(33)26(20-8-4-2-5-9-20)21-10-6-3-7-11-21/h2-11,13-16,19,24-26H,12,17-18H2,1H3. The monoisotopic (exact) mass is 453 g/mol. The number of amides is 2. The summed E-state index contributed by atoms with van der Waals surface area (Å²) in [5, 5.41) is 0. The summed E-state index contributed by atoms with van der Waals surface area (Å²) < 4.78 is 5.74. The summed E-state index contributed by atoms with van der Waals surface area (Å²) in [5.74, 6) is -0.769. The highest BCUT2D eigenvalue weighted by molar-refractivity contribution is 6.22. The number of hydrogen-bond acceptors (Lipinski definition) is 4. The van der Waals surface area contributed by atoms with Gasteiger partial charge in [-0.3, -0.25) is 19.3 Å². The third-order valence-electron chi connectivity index (χ3n) is 7.00. The van der Waals surface area contributed by atoms with E-state index in [0.29, 0.717) is 17.4 Å². The van der Waals surface area contributed by atoms with E-state index >= 15 is 0 Å². The molecule has 2 fully saturated rings. The first kappa shape index (κ1) is 22.1. The second-order valence-corrected chi connectivity index (χ2v) is 9.31. The molecule has 1 aliphatic heterocycles. The summed E-state index contributed by atoms with van der Waals surface area (Å²) in [5.41, 5.74) is 2.22. The minimum atomic E-state index is -0.561. The van der Waals surface area contributed by atoms with Crippen molar-refractivity contribution in [2.45, 2.75) is 32.1 Å². The second kappa shape index (κ2) is 9.26. The van der Waals surface area contributed by atoms with Gasteiger partial charge in [-0.25, -0.2) is 0 Å². The Morgan fingerprint density at radius 1 is 0.794 bits per heavy atom. The number of imide groups is 1. The largest absolute Gasteiger partial charge is 0.426 e. The number of carbonyl (C=O) groups is 3. The summed E-state index contributed by atoms with van der Waals surface area (Å²) in [6.45, 7) is 2.14. The summed E-state index contributed by atoms with van der Waals surface area (Å²) >= 11 is 0. The number of esters is 1. The SMILES string of the molecule is CC1CCC2C(=O)N(c3ccc(OC(=O)C(c4ccccc4)c4ccccc4)cc3)C(=O)C2C1. The first-order valence-electron chi connectivity index (χ1n) is 11.8. The van der Waals surface area contributed by atoms with Crippen molar-refractivity contribution >= 4 is 23.5 Å². The van der Waals surface area contributed by atoms with Crippen LogP contribution in [0.5, 0.6) is 5.75 Å². The molecule has 5 nitrogen and oxygen atoms in total. The summed E-state index contributed by atoms with van der Waals surface area (Å²) in [6, 6.07) is 25.7. The molecule has 0 spiro atoms. The van der Waals surface area contributed by atoms with Gasteiger partial charge in [-0.2, -0.15) is 0 Å². The van der Waals surface area contributed by atoms with Crippen molar-refractivity contribution in [3.05, 3.63) is 96.1 Å². The Morgan fingerprint density at radius 2 is 1.35 bits per heavy atom. The highest BCUT2D eigenvalue weighted by Crippen LogP contribution is 2.42. The van der Waals surface area contributed by atoms with Crippen molar-refractivity contribution in [2.24, 2.45) is 17.8 Å². The smallest absolute Gasteiger partial charge is 0.323 e. The Balaban J connectivity index is 1.35. The minimum absolute atomic E-state index is 0.111. The lowest BCUT2D eigenvalue weighted by Gasteiger charge is -2.25.